The summed E-state index contributed by atoms with van der Waals surface area (Å²) in [6, 6.07) is 12.6. The number of hydrogen-bond acceptors (Lipinski definition) is 8. The van der Waals surface area contributed by atoms with Gasteiger partial charge in [0.25, 0.3) is 5.91 Å². The van der Waals surface area contributed by atoms with Gasteiger partial charge in [-0.25, -0.2) is 13.4 Å². The number of fused-ring (bicyclic) bond motifs is 1. The molecule has 1 aliphatic rings. The van der Waals surface area contributed by atoms with Crippen LogP contribution >= 0.6 is 23.1 Å². The summed E-state index contributed by atoms with van der Waals surface area (Å²) in [5.74, 6) is 0.773. The zero-order chi connectivity index (χ0) is 23.4. The summed E-state index contributed by atoms with van der Waals surface area (Å²) in [6.07, 6.45) is 1.19. The Morgan fingerprint density at radius 2 is 1.97 bits per heavy atom. The summed E-state index contributed by atoms with van der Waals surface area (Å²) in [5, 5.41) is 0.574. The fourth-order valence-corrected chi connectivity index (χ4v) is 6.21. The monoisotopic (exact) mass is 505 g/mol. The molecule has 10 heteroatoms. The number of aromatic nitrogens is 1. The smallest absolute Gasteiger partial charge is 0.261 e. The molecule has 0 aliphatic carbocycles. The van der Waals surface area contributed by atoms with Crippen molar-refractivity contribution in [3.8, 4) is 0 Å². The molecule has 1 amide bonds. The topological polar surface area (TPSA) is 79.8 Å². The zero-order valence-electron chi connectivity index (χ0n) is 18.7. The second kappa shape index (κ2) is 10.5. The van der Waals surface area contributed by atoms with Crippen molar-refractivity contribution in [1.29, 1.82) is 0 Å². The number of carbonyl (C=O) groups is 1. The van der Waals surface area contributed by atoms with Gasteiger partial charge in [0.15, 0.2) is 15.0 Å². The SMILES string of the molecule is CCSc1ccccc1C(=O)N(CCN1CCOCC1)c1nc2ccc(S(C)(=O)=O)cc2s1. The number of rotatable bonds is 8. The quantitative estimate of drug-likeness (QED) is 0.431. The number of thiazole rings is 1. The highest BCUT2D eigenvalue weighted by molar-refractivity contribution is 7.99. The Morgan fingerprint density at radius 3 is 2.70 bits per heavy atom. The molecule has 0 radical (unpaired) electrons. The van der Waals surface area contributed by atoms with Crippen LogP contribution in [0.3, 0.4) is 0 Å². The molecule has 0 spiro atoms. The van der Waals surface area contributed by atoms with Crippen LogP contribution in [0, 0.1) is 0 Å². The number of carbonyl (C=O) groups excluding carboxylic acids is 1. The highest BCUT2D eigenvalue weighted by Gasteiger charge is 2.25. The minimum atomic E-state index is -3.32. The third kappa shape index (κ3) is 5.75. The average molecular weight is 506 g/mol. The summed E-state index contributed by atoms with van der Waals surface area (Å²) in [7, 11) is -3.32. The number of amides is 1. The van der Waals surface area contributed by atoms with Gasteiger partial charge in [-0.3, -0.25) is 14.6 Å². The summed E-state index contributed by atoms with van der Waals surface area (Å²) in [4.78, 5) is 23.7. The minimum absolute atomic E-state index is 0.0952. The zero-order valence-corrected chi connectivity index (χ0v) is 21.1. The number of morpholine rings is 1. The Bertz CT molecular complexity index is 1240. The van der Waals surface area contributed by atoms with E-state index in [1.165, 1.54) is 17.6 Å². The lowest BCUT2D eigenvalue weighted by molar-refractivity contribution is 0.0391. The van der Waals surface area contributed by atoms with Crippen molar-refractivity contribution >= 4 is 54.2 Å². The molecule has 0 saturated carbocycles. The van der Waals surface area contributed by atoms with Gasteiger partial charge in [0.2, 0.25) is 0 Å². The summed E-state index contributed by atoms with van der Waals surface area (Å²) < 4.78 is 30.2. The van der Waals surface area contributed by atoms with Crippen molar-refractivity contribution < 1.29 is 17.9 Å². The number of thioether (sulfide) groups is 1. The molecule has 0 unspecified atom stereocenters. The first-order valence-corrected chi connectivity index (χ1v) is 14.5. The van der Waals surface area contributed by atoms with E-state index in [2.05, 4.69) is 11.8 Å². The number of nitrogens with zero attached hydrogens (tertiary/aromatic N) is 3. The summed E-state index contributed by atoms with van der Waals surface area (Å²) in [6.45, 7) is 6.32. The van der Waals surface area contributed by atoms with Crippen LogP contribution in [0.25, 0.3) is 10.2 Å². The molecule has 3 aromatic rings. The van der Waals surface area contributed by atoms with Gasteiger partial charge < -0.3 is 4.74 Å². The molecule has 4 rings (SSSR count). The van der Waals surface area contributed by atoms with Crippen molar-refractivity contribution in [2.75, 3.05) is 56.3 Å². The van der Waals surface area contributed by atoms with Gasteiger partial charge in [0.05, 0.1) is 33.9 Å². The van der Waals surface area contributed by atoms with Crippen LogP contribution in [-0.2, 0) is 14.6 Å². The number of ether oxygens (including phenoxy) is 1. The van der Waals surface area contributed by atoms with Crippen molar-refractivity contribution in [3.05, 3.63) is 48.0 Å². The Labute approximate surface area is 202 Å². The van der Waals surface area contributed by atoms with E-state index in [1.54, 1.807) is 34.9 Å². The summed E-state index contributed by atoms with van der Waals surface area (Å²) in [5.41, 5.74) is 1.34. The van der Waals surface area contributed by atoms with Gasteiger partial charge in [-0.05, 0) is 36.1 Å². The van der Waals surface area contributed by atoms with E-state index >= 15 is 0 Å². The highest BCUT2D eigenvalue weighted by atomic mass is 32.2. The maximum Gasteiger partial charge on any atom is 0.261 e. The van der Waals surface area contributed by atoms with E-state index in [-0.39, 0.29) is 10.8 Å². The minimum Gasteiger partial charge on any atom is -0.379 e. The van der Waals surface area contributed by atoms with Gasteiger partial charge in [-0.15, -0.1) is 11.8 Å². The maximum atomic E-state index is 13.8. The predicted molar refractivity (Wildman–Crippen MR) is 135 cm³/mol. The second-order valence-corrected chi connectivity index (χ2v) is 12.1. The first kappa shape index (κ1) is 24.2. The molecule has 1 saturated heterocycles. The first-order valence-electron chi connectivity index (χ1n) is 10.8. The van der Waals surface area contributed by atoms with Crippen LogP contribution in [0.4, 0.5) is 5.13 Å². The molecule has 1 aliphatic heterocycles. The molecule has 7 nitrogen and oxygen atoms in total. The van der Waals surface area contributed by atoms with Gasteiger partial charge in [0, 0.05) is 37.3 Å². The van der Waals surface area contributed by atoms with Crippen LogP contribution < -0.4 is 4.90 Å². The lowest BCUT2D eigenvalue weighted by atomic mass is 10.2. The Morgan fingerprint density at radius 1 is 1.21 bits per heavy atom. The number of benzene rings is 2. The molecule has 1 fully saturated rings. The highest BCUT2D eigenvalue weighted by Crippen LogP contribution is 2.33. The second-order valence-electron chi connectivity index (χ2n) is 7.74. The predicted octanol–water partition coefficient (Wildman–Crippen LogP) is 3.79. The third-order valence-corrected chi connectivity index (χ3v) is 8.52. The molecule has 176 valence electrons. The Hall–Kier alpha value is -1.98. The molecule has 2 heterocycles. The van der Waals surface area contributed by atoms with Gasteiger partial charge in [-0.2, -0.15) is 0 Å². The normalized spacial score (nSPS) is 15.1. The largest absolute Gasteiger partial charge is 0.379 e. The Balaban J connectivity index is 1.70. The molecule has 33 heavy (non-hydrogen) atoms. The lowest BCUT2D eigenvalue weighted by Crippen LogP contribution is -2.43. The fourth-order valence-electron chi connectivity index (χ4n) is 3.66. The van der Waals surface area contributed by atoms with Crippen LogP contribution in [0.5, 0.6) is 0 Å². The molecule has 0 bridgehead atoms. The van der Waals surface area contributed by atoms with E-state index in [1.807, 2.05) is 24.3 Å². The van der Waals surface area contributed by atoms with Crippen LogP contribution in [0.2, 0.25) is 0 Å². The molecular weight excluding hydrogens is 478 g/mol. The number of anilines is 1. The molecular formula is C23H27N3O4S3. The van der Waals surface area contributed by atoms with E-state index in [4.69, 9.17) is 9.72 Å². The van der Waals surface area contributed by atoms with Crippen LogP contribution in [0.1, 0.15) is 17.3 Å². The number of sulfone groups is 1. The molecule has 0 atom stereocenters. The molecule has 2 aromatic carbocycles. The number of hydrogen-bond donors (Lipinski definition) is 0. The molecule has 1 aromatic heterocycles. The standard InChI is InChI=1S/C23H27N3O4S3/c1-3-31-20-7-5-4-6-18(20)22(27)26(11-10-25-12-14-30-15-13-25)23-24-19-9-8-17(33(2,28)29)16-21(19)32-23/h4-9,16H,3,10-15H2,1-2H3. The van der Waals surface area contributed by atoms with Crippen molar-refractivity contribution in [3.63, 3.8) is 0 Å². The van der Waals surface area contributed by atoms with Crippen molar-refractivity contribution in [1.82, 2.24) is 9.88 Å². The van der Waals surface area contributed by atoms with E-state index in [0.29, 0.717) is 42.5 Å². The fraction of sp³-hybridized carbons (Fsp3) is 0.391. The van der Waals surface area contributed by atoms with Crippen LogP contribution in [-0.4, -0.2) is 75.6 Å². The van der Waals surface area contributed by atoms with E-state index in [0.717, 1.165) is 28.4 Å². The third-order valence-electron chi connectivity index (χ3n) is 5.41. The van der Waals surface area contributed by atoms with Gasteiger partial charge >= 0.3 is 0 Å². The summed E-state index contributed by atoms with van der Waals surface area (Å²) >= 11 is 2.98. The van der Waals surface area contributed by atoms with Crippen molar-refractivity contribution in [2.24, 2.45) is 0 Å². The molecule has 0 N–H and O–H groups in total. The van der Waals surface area contributed by atoms with Gasteiger partial charge in [0.1, 0.15) is 0 Å². The Kier molecular flexibility index (Phi) is 7.70. The van der Waals surface area contributed by atoms with E-state index in [9.17, 15) is 13.2 Å². The van der Waals surface area contributed by atoms with Crippen LogP contribution in [0.15, 0.2) is 52.3 Å². The van der Waals surface area contributed by atoms with E-state index < -0.39 is 9.84 Å². The van der Waals surface area contributed by atoms with Gasteiger partial charge in [-0.1, -0.05) is 30.4 Å². The lowest BCUT2D eigenvalue weighted by Gasteiger charge is -2.29. The maximum absolute atomic E-state index is 13.8. The average Bonchev–Trinajstić information content (AvgIpc) is 3.23. The van der Waals surface area contributed by atoms with Crippen molar-refractivity contribution in [2.45, 2.75) is 16.7 Å². The first-order chi connectivity index (χ1) is 15.9.